The highest BCUT2D eigenvalue weighted by Crippen LogP contribution is 2.50. The van der Waals surface area contributed by atoms with Crippen LogP contribution < -0.4 is 4.90 Å². The second-order valence-corrected chi connectivity index (χ2v) is 6.05. The van der Waals surface area contributed by atoms with Crippen LogP contribution in [0.25, 0.3) is 0 Å². The minimum absolute atomic E-state index is 0.0398. The van der Waals surface area contributed by atoms with Crippen LogP contribution in [0.15, 0.2) is 18.2 Å². The first-order chi connectivity index (χ1) is 9.18. The van der Waals surface area contributed by atoms with Crippen molar-refractivity contribution in [3.8, 4) is 0 Å². The Morgan fingerprint density at radius 1 is 1.16 bits per heavy atom. The van der Waals surface area contributed by atoms with E-state index in [1.807, 2.05) is 19.2 Å². The standard InChI is InChI=1S/C16H17NO2/c1-17-13-7-3-5-10-11-6-2-4-9(15(11)18)8-12(14(10)13)16(17)19/h3,5,7,9,11-12H,2,4,6,8H2,1H3/t9-,11+,12+/m1/s1. The number of fused-ring (bicyclic) bond motifs is 3. The van der Waals surface area contributed by atoms with Crippen LogP contribution in [0.5, 0.6) is 0 Å². The number of ketones is 1. The van der Waals surface area contributed by atoms with Crippen LogP contribution in [-0.4, -0.2) is 18.7 Å². The molecule has 0 unspecified atom stereocenters. The van der Waals surface area contributed by atoms with Crippen molar-refractivity contribution in [3.05, 3.63) is 29.3 Å². The molecular weight excluding hydrogens is 238 g/mol. The first-order valence-electron chi connectivity index (χ1n) is 7.12. The van der Waals surface area contributed by atoms with Crippen molar-refractivity contribution in [2.24, 2.45) is 5.92 Å². The highest BCUT2D eigenvalue weighted by molar-refractivity contribution is 6.07. The molecule has 0 N–H and O–H groups in total. The van der Waals surface area contributed by atoms with Crippen LogP contribution in [-0.2, 0) is 9.59 Å². The van der Waals surface area contributed by atoms with Gasteiger partial charge in [-0.15, -0.1) is 0 Å². The Balaban J connectivity index is 1.98. The molecule has 3 atom stereocenters. The molecule has 1 fully saturated rings. The maximum absolute atomic E-state index is 12.5. The number of likely N-dealkylation sites (N-methyl/N-ethyl adjacent to an activating group) is 1. The molecule has 1 aliphatic heterocycles. The molecule has 2 aliphatic carbocycles. The molecule has 1 heterocycles. The number of nitrogens with zero attached hydrogens (tertiary/aromatic N) is 1. The van der Waals surface area contributed by atoms with E-state index in [0.29, 0.717) is 5.78 Å². The van der Waals surface area contributed by atoms with Gasteiger partial charge in [0, 0.05) is 24.6 Å². The normalized spacial score (nSPS) is 32.3. The molecule has 1 amide bonds. The van der Waals surface area contributed by atoms with E-state index in [1.165, 1.54) is 0 Å². The number of amides is 1. The first kappa shape index (κ1) is 11.2. The summed E-state index contributed by atoms with van der Waals surface area (Å²) in [5, 5.41) is 0. The summed E-state index contributed by atoms with van der Waals surface area (Å²) in [6, 6.07) is 6.06. The molecule has 0 saturated heterocycles. The van der Waals surface area contributed by atoms with Crippen molar-refractivity contribution < 1.29 is 9.59 Å². The monoisotopic (exact) mass is 255 g/mol. The van der Waals surface area contributed by atoms with Gasteiger partial charge in [0.2, 0.25) is 5.91 Å². The quantitative estimate of drug-likeness (QED) is 0.714. The number of rotatable bonds is 0. The molecule has 98 valence electrons. The summed E-state index contributed by atoms with van der Waals surface area (Å²) in [4.78, 5) is 26.7. The lowest BCUT2D eigenvalue weighted by Gasteiger charge is -2.26. The zero-order chi connectivity index (χ0) is 13.1. The summed E-state index contributed by atoms with van der Waals surface area (Å²) in [6.07, 6.45) is 3.76. The largest absolute Gasteiger partial charge is 0.315 e. The Labute approximate surface area is 112 Å². The lowest BCUT2D eigenvalue weighted by atomic mass is 9.77. The van der Waals surface area contributed by atoms with Crippen molar-refractivity contribution in [2.45, 2.75) is 37.5 Å². The topological polar surface area (TPSA) is 37.4 Å². The molecule has 1 aromatic carbocycles. The number of carbonyl (C=O) groups is 2. The Bertz CT molecular complexity index is 592. The molecule has 1 saturated carbocycles. The van der Waals surface area contributed by atoms with Gasteiger partial charge >= 0.3 is 0 Å². The SMILES string of the molecule is CN1C(=O)[C@H]2C[C@H]3CCC[C@H](C3=O)c3cccc1c32. The number of Topliss-reactive ketones (excluding diaryl/α,β-unsaturated/α-hetero) is 1. The van der Waals surface area contributed by atoms with Crippen molar-refractivity contribution in [1.29, 1.82) is 0 Å². The van der Waals surface area contributed by atoms with Crippen molar-refractivity contribution >= 4 is 17.4 Å². The Morgan fingerprint density at radius 2 is 2.00 bits per heavy atom. The predicted molar refractivity (Wildman–Crippen MR) is 72.3 cm³/mol. The van der Waals surface area contributed by atoms with E-state index in [1.54, 1.807) is 4.90 Å². The summed E-state index contributed by atoms with van der Waals surface area (Å²) in [5.41, 5.74) is 3.30. The van der Waals surface area contributed by atoms with Crippen molar-refractivity contribution in [1.82, 2.24) is 0 Å². The van der Waals surface area contributed by atoms with E-state index in [4.69, 9.17) is 0 Å². The van der Waals surface area contributed by atoms with E-state index >= 15 is 0 Å². The van der Waals surface area contributed by atoms with Gasteiger partial charge in [-0.2, -0.15) is 0 Å². The molecule has 0 spiro atoms. The van der Waals surface area contributed by atoms with Gasteiger partial charge in [-0.25, -0.2) is 0 Å². The average molecular weight is 255 g/mol. The highest BCUT2D eigenvalue weighted by atomic mass is 16.2. The van der Waals surface area contributed by atoms with Gasteiger partial charge in [-0.05, 0) is 36.5 Å². The fraction of sp³-hybridized carbons (Fsp3) is 0.500. The summed E-state index contributed by atoms with van der Waals surface area (Å²) >= 11 is 0. The zero-order valence-electron chi connectivity index (χ0n) is 11.1. The summed E-state index contributed by atoms with van der Waals surface area (Å²) < 4.78 is 0. The fourth-order valence-corrected chi connectivity index (χ4v) is 4.21. The molecule has 3 aliphatic rings. The Hall–Kier alpha value is -1.64. The molecule has 3 heteroatoms. The summed E-state index contributed by atoms with van der Waals surface area (Å²) in [7, 11) is 1.85. The minimum Gasteiger partial charge on any atom is -0.315 e. The third-order valence-electron chi connectivity index (χ3n) is 5.14. The molecule has 0 aromatic heterocycles. The van der Waals surface area contributed by atoms with E-state index in [9.17, 15) is 9.59 Å². The van der Waals surface area contributed by atoms with Gasteiger partial charge in [0.25, 0.3) is 0 Å². The third-order valence-corrected chi connectivity index (χ3v) is 5.14. The van der Waals surface area contributed by atoms with Gasteiger partial charge in [-0.1, -0.05) is 18.6 Å². The van der Waals surface area contributed by atoms with Crippen LogP contribution in [0.4, 0.5) is 5.69 Å². The Kier molecular flexibility index (Phi) is 2.17. The van der Waals surface area contributed by atoms with Crippen LogP contribution in [0.1, 0.15) is 48.6 Å². The second-order valence-electron chi connectivity index (χ2n) is 6.05. The van der Waals surface area contributed by atoms with Gasteiger partial charge in [0.1, 0.15) is 5.78 Å². The van der Waals surface area contributed by atoms with Crippen molar-refractivity contribution in [2.75, 3.05) is 11.9 Å². The Morgan fingerprint density at radius 3 is 2.84 bits per heavy atom. The van der Waals surface area contributed by atoms with Gasteiger partial charge in [0.05, 0.1) is 5.92 Å². The van der Waals surface area contributed by atoms with E-state index < -0.39 is 0 Å². The molecular formula is C16H17NO2. The molecule has 1 aromatic rings. The molecule has 3 nitrogen and oxygen atoms in total. The zero-order valence-corrected chi connectivity index (χ0v) is 11.1. The van der Waals surface area contributed by atoms with Crippen molar-refractivity contribution in [3.63, 3.8) is 0 Å². The second kappa shape index (κ2) is 3.69. The molecule has 19 heavy (non-hydrogen) atoms. The van der Waals surface area contributed by atoms with E-state index in [2.05, 4.69) is 6.07 Å². The third kappa shape index (κ3) is 1.33. The van der Waals surface area contributed by atoms with Gasteiger partial charge < -0.3 is 4.90 Å². The van der Waals surface area contributed by atoms with Gasteiger partial charge in [0.15, 0.2) is 0 Å². The van der Waals surface area contributed by atoms with Crippen LogP contribution in [0, 0.1) is 5.92 Å². The van der Waals surface area contributed by atoms with Crippen LogP contribution >= 0.6 is 0 Å². The first-order valence-corrected chi connectivity index (χ1v) is 7.12. The van der Waals surface area contributed by atoms with E-state index in [0.717, 1.165) is 42.5 Å². The van der Waals surface area contributed by atoms with E-state index in [-0.39, 0.29) is 23.7 Å². The lowest BCUT2D eigenvalue weighted by molar-refractivity contribution is -0.126. The maximum Gasteiger partial charge on any atom is 0.234 e. The van der Waals surface area contributed by atoms with Crippen LogP contribution in [0.3, 0.4) is 0 Å². The summed E-state index contributed by atoms with van der Waals surface area (Å²) in [6.45, 7) is 0. The fourth-order valence-electron chi connectivity index (χ4n) is 4.21. The number of carbonyl (C=O) groups excluding carboxylic acids is 2. The number of anilines is 1. The van der Waals surface area contributed by atoms with Gasteiger partial charge in [-0.3, -0.25) is 9.59 Å². The maximum atomic E-state index is 12.5. The summed E-state index contributed by atoms with van der Waals surface area (Å²) in [5.74, 6) is 0.609. The number of benzene rings is 1. The smallest absolute Gasteiger partial charge is 0.234 e. The molecule has 0 radical (unpaired) electrons. The molecule has 2 bridgehead atoms. The van der Waals surface area contributed by atoms with Crippen LogP contribution in [0.2, 0.25) is 0 Å². The number of hydrogen-bond acceptors (Lipinski definition) is 2. The minimum atomic E-state index is -0.0757. The average Bonchev–Trinajstić information content (AvgIpc) is 2.64. The lowest BCUT2D eigenvalue weighted by Crippen LogP contribution is -2.29. The predicted octanol–water partition coefficient (Wildman–Crippen LogP) is 2.60. The number of hydrogen-bond donors (Lipinski definition) is 0. The highest BCUT2D eigenvalue weighted by Gasteiger charge is 2.46. The molecule has 4 rings (SSSR count).